The molecule has 9 heteroatoms. The molecule has 0 aromatic carbocycles. The highest BCUT2D eigenvalue weighted by atomic mass is 32.4. The van der Waals surface area contributed by atoms with Crippen molar-refractivity contribution >= 4 is 18.1 Å². The lowest BCUT2D eigenvalue weighted by atomic mass is 11.5. The Morgan fingerprint density at radius 1 is 0.909 bits per heavy atom. The van der Waals surface area contributed by atoms with Gasteiger partial charge in [-0.05, 0) is 11.8 Å². The fourth-order valence-electron chi connectivity index (χ4n) is 0.144. The molecular weight excluding hydrogens is 217 g/mol. The summed E-state index contributed by atoms with van der Waals surface area (Å²) >= 11 is 3.03. The fraction of sp³-hybridized carbons (Fsp3) is 1.00. The van der Waals surface area contributed by atoms with E-state index >= 15 is 0 Å². The molecule has 0 aromatic heterocycles. The van der Waals surface area contributed by atoms with Gasteiger partial charge >= 0.3 is 11.8 Å². The van der Waals surface area contributed by atoms with Crippen LogP contribution < -0.4 is 0 Å². The van der Waals surface area contributed by atoms with Crippen molar-refractivity contribution in [3.8, 4) is 0 Å². The van der Waals surface area contributed by atoms with Crippen molar-refractivity contribution in [2.24, 2.45) is 0 Å². The number of rotatable bonds is 0. The summed E-state index contributed by atoms with van der Waals surface area (Å²) in [5.41, 5.74) is 0. The predicted molar refractivity (Wildman–Crippen MR) is 28.6 cm³/mol. The molecule has 0 aliphatic carbocycles. The van der Waals surface area contributed by atoms with Gasteiger partial charge in [-0.25, -0.2) is 0 Å². The van der Waals surface area contributed by atoms with Gasteiger partial charge in [-0.15, -0.1) is 0 Å². The van der Waals surface area contributed by atoms with E-state index < -0.39 is 18.1 Å². The standard InChI is InChI=1S/C2HF6OPS/c3-1(4,5)10(9,11)2(6,7)8/h(H,9,11). The summed E-state index contributed by atoms with van der Waals surface area (Å²) in [5.74, 6) is -11.5. The Hall–Kier alpha value is 0.190. The third kappa shape index (κ3) is 2.07. The molecule has 0 fully saturated rings. The van der Waals surface area contributed by atoms with Crippen molar-refractivity contribution in [1.82, 2.24) is 0 Å². The molecule has 0 rings (SSSR count). The van der Waals surface area contributed by atoms with Gasteiger partial charge in [0.1, 0.15) is 0 Å². The fourth-order valence-corrected chi connectivity index (χ4v) is 0.431. The van der Waals surface area contributed by atoms with E-state index in [1.54, 1.807) is 0 Å². The molecular formula is C2HF6OPS. The molecule has 0 saturated carbocycles. The number of halogens is 6. The zero-order valence-electron chi connectivity index (χ0n) is 4.57. The van der Waals surface area contributed by atoms with E-state index in [9.17, 15) is 26.3 Å². The molecule has 11 heavy (non-hydrogen) atoms. The molecule has 0 spiro atoms. The molecule has 0 aliphatic heterocycles. The minimum absolute atomic E-state index is 3.03. The van der Waals surface area contributed by atoms with Crippen molar-refractivity contribution in [3.05, 3.63) is 0 Å². The normalized spacial score (nSPS) is 15.2. The largest absolute Gasteiger partial charge is 0.446 e. The summed E-state index contributed by atoms with van der Waals surface area (Å²) in [6, 6.07) is 0. The smallest absolute Gasteiger partial charge is 0.352 e. The zero-order valence-corrected chi connectivity index (χ0v) is 6.28. The Bertz CT molecular complexity index is 174. The van der Waals surface area contributed by atoms with Crippen LogP contribution in [0, 0.1) is 0 Å². The third-order valence-corrected chi connectivity index (χ3v) is 3.30. The SMILES string of the molecule is OP(=S)(C(F)(F)F)C(F)(F)F. The van der Waals surface area contributed by atoms with Gasteiger partial charge in [0.05, 0.1) is 0 Å². The Labute approximate surface area is 62.1 Å². The van der Waals surface area contributed by atoms with Crippen molar-refractivity contribution in [2.45, 2.75) is 11.8 Å². The summed E-state index contributed by atoms with van der Waals surface area (Å²) in [6.45, 7) is 0. The first kappa shape index (κ1) is 11.2. The maximum Gasteiger partial charge on any atom is 0.446 e. The van der Waals surface area contributed by atoms with Crippen LogP contribution in [0.4, 0.5) is 26.3 Å². The van der Waals surface area contributed by atoms with Gasteiger partial charge in [0.25, 0.3) is 6.26 Å². The van der Waals surface area contributed by atoms with Crippen LogP contribution in [0.25, 0.3) is 0 Å². The minimum Gasteiger partial charge on any atom is -0.352 e. The van der Waals surface area contributed by atoms with Crippen molar-refractivity contribution in [2.75, 3.05) is 0 Å². The van der Waals surface area contributed by atoms with E-state index in [1.807, 2.05) is 0 Å². The second-order valence-corrected chi connectivity index (χ2v) is 5.26. The van der Waals surface area contributed by atoms with Crippen molar-refractivity contribution in [3.63, 3.8) is 0 Å². The summed E-state index contributed by atoms with van der Waals surface area (Å²) in [6.07, 6.45) is -6.23. The highest BCUT2D eigenvalue weighted by Crippen LogP contribution is 2.68. The van der Waals surface area contributed by atoms with Crippen LogP contribution in [0.15, 0.2) is 0 Å². The second-order valence-electron chi connectivity index (χ2n) is 1.51. The van der Waals surface area contributed by atoms with E-state index in [0.717, 1.165) is 0 Å². The molecule has 0 aromatic rings. The van der Waals surface area contributed by atoms with Crippen LogP contribution >= 0.6 is 6.26 Å². The van der Waals surface area contributed by atoms with E-state index in [1.165, 1.54) is 0 Å². The van der Waals surface area contributed by atoms with E-state index in [0.29, 0.717) is 0 Å². The lowest BCUT2D eigenvalue weighted by molar-refractivity contribution is -0.0957. The van der Waals surface area contributed by atoms with Gasteiger partial charge in [0, 0.05) is 0 Å². The Kier molecular flexibility index (Phi) is 2.65. The molecule has 0 atom stereocenters. The molecule has 0 radical (unpaired) electrons. The number of hydrogen-bond acceptors (Lipinski definition) is 1. The van der Waals surface area contributed by atoms with Crippen LogP contribution in [-0.2, 0) is 11.8 Å². The van der Waals surface area contributed by atoms with E-state index in [2.05, 4.69) is 11.8 Å². The Morgan fingerprint density at radius 3 is 1.09 bits per heavy atom. The van der Waals surface area contributed by atoms with E-state index in [4.69, 9.17) is 4.89 Å². The van der Waals surface area contributed by atoms with Crippen molar-refractivity contribution in [1.29, 1.82) is 0 Å². The first-order valence-electron chi connectivity index (χ1n) is 1.96. The monoisotopic (exact) mass is 218 g/mol. The predicted octanol–water partition coefficient (Wildman–Crippen LogP) is 2.41. The average molecular weight is 218 g/mol. The second kappa shape index (κ2) is 2.60. The van der Waals surface area contributed by atoms with Crippen LogP contribution in [0.1, 0.15) is 0 Å². The zero-order chi connectivity index (χ0) is 9.50. The minimum atomic E-state index is -6.23. The van der Waals surface area contributed by atoms with Gasteiger partial charge in [-0.3, -0.25) is 0 Å². The van der Waals surface area contributed by atoms with Crippen LogP contribution in [0.2, 0.25) is 0 Å². The van der Waals surface area contributed by atoms with Gasteiger partial charge < -0.3 is 4.89 Å². The lowest BCUT2D eigenvalue weighted by Gasteiger charge is -2.20. The molecule has 0 aliphatic rings. The lowest BCUT2D eigenvalue weighted by Crippen LogP contribution is -2.21. The Balaban J connectivity index is 4.92. The number of alkyl halides is 6. The maximum atomic E-state index is 11.3. The molecule has 0 heterocycles. The third-order valence-electron chi connectivity index (χ3n) is 0.687. The molecule has 1 N–H and O–H groups in total. The average Bonchev–Trinajstić information content (AvgIpc) is 1.58. The topological polar surface area (TPSA) is 20.2 Å². The first-order valence-corrected chi connectivity index (χ1v) is 4.72. The van der Waals surface area contributed by atoms with Gasteiger partial charge in [-0.2, -0.15) is 26.3 Å². The van der Waals surface area contributed by atoms with Crippen LogP contribution in [-0.4, -0.2) is 16.7 Å². The van der Waals surface area contributed by atoms with Crippen LogP contribution in [0.5, 0.6) is 0 Å². The summed E-state index contributed by atoms with van der Waals surface area (Å²) < 4.78 is 67.8. The molecule has 0 saturated heterocycles. The molecule has 1 nitrogen and oxygen atoms in total. The van der Waals surface area contributed by atoms with Gasteiger partial charge in [0.2, 0.25) is 0 Å². The maximum absolute atomic E-state index is 11.3. The Morgan fingerprint density at radius 2 is 1.09 bits per heavy atom. The van der Waals surface area contributed by atoms with Gasteiger partial charge in [-0.1, -0.05) is 0 Å². The van der Waals surface area contributed by atoms with Crippen molar-refractivity contribution < 1.29 is 31.2 Å². The summed E-state index contributed by atoms with van der Waals surface area (Å²) in [4.78, 5) is 7.86. The molecule has 0 unspecified atom stereocenters. The summed E-state index contributed by atoms with van der Waals surface area (Å²) in [5, 5.41) is 0. The molecule has 0 amide bonds. The highest BCUT2D eigenvalue weighted by molar-refractivity contribution is 8.12. The highest BCUT2D eigenvalue weighted by Gasteiger charge is 2.63. The van der Waals surface area contributed by atoms with Crippen LogP contribution in [0.3, 0.4) is 0 Å². The summed E-state index contributed by atoms with van der Waals surface area (Å²) in [7, 11) is 0. The first-order chi connectivity index (χ1) is 4.50. The molecule has 68 valence electrons. The quantitative estimate of drug-likeness (QED) is 0.497. The molecule has 0 bridgehead atoms. The number of hydrogen-bond donors (Lipinski definition) is 1. The van der Waals surface area contributed by atoms with Gasteiger partial charge in [0.15, 0.2) is 0 Å². The van der Waals surface area contributed by atoms with E-state index in [-0.39, 0.29) is 0 Å².